The molecule has 2 rings (SSSR count). The monoisotopic (exact) mass is 257 g/mol. The number of hydrogen-bond donors (Lipinski definition) is 2. The first-order valence-electron chi connectivity index (χ1n) is 6.08. The Morgan fingerprint density at radius 2 is 1.84 bits per heavy atom. The van der Waals surface area contributed by atoms with Crippen LogP contribution >= 0.6 is 0 Å². The minimum atomic E-state index is 0.611. The van der Waals surface area contributed by atoms with Gasteiger partial charge in [0.25, 0.3) is 0 Å². The summed E-state index contributed by atoms with van der Waals surface area (Å²) in [6.45, 7) is 0. The number of anilines is 4. The van der Waals surface area contributed by atoms with Gasteiger partial charge in [0.05, 0.1) is 18.5 Å². The summed E-state index contributed by atoms with van der Waals surface area (Å²) < 4.78 is 5.21. The number of hydrogen-bond acceptors (Lipinski definition) is 4. The number of para-hydroxylation sites is 1. The molecule has 0 aliphatic heterocycles. The first-order chi connectivity index (χ1) is 9.11. The van der Waals surface area contributed by atoms with E-state index in [-0.39, 0.29) is 0 Å². The molecule has 0 bridgehead atoms. The fraction of sp³-hybridized carbons (Fsp3) is 0.200. The number of methoxy groups -OCH3 is 1. The Balaban J connectivity index is 2.28. The van der Waals surface area contributed by atoms with E-state index in [1.807, 2.05) is 44.4 Å². The highest BCUT2D eigenvalue weighted by Crippen LogP contribution is 2.31. The van der Waals surface area contributed by atoms with Crippen LogP contribution in [0.25, 0.3) is 0 Å². The second-order valence-corrected chi connectivity index (χ2v) is 4.49. The number of benzene rings is 2. The molecule has 0 saturated carbocycles. The summed E-state index contributed by atoms with van der Waals surface area (Å²) in [5.41, 5.74) is 9.62. The molecular formula is C15H19N3O. The van der Waals surface area contributed by atoms with E-state index in [2.05, 4.69) is 22.3 Å². The van der Waals surface area contributed by atoms with Crippen molar-refractivity contribution in [1.29, 1.82) is 0 Å². The average Bonchev–Trinajstić information content (AvgIpc) is 2.41. The van der Waals surface area contributed by atoms with Gasteiger partial charge < -0.3 is 20.7 Å². The van der Waals surface area contributed by atoms with Gasteiger partial charge in [-0.1, -0.05) is 12.1 Å². The maximum Gasteiger partial charge on any atom is 0.143 e. The van der Waals surface area contributed by atoms with Crippen molar-refractivity contribution < 1.29 is 4.74 Å². The molecule has 0 aliphatic carbocycles. The summed E-state index contributed by atoms with van der Waals surface area (Å²) in [5, 5.41) is 3.31. The van der Waals surface area contributed by atoms with Crippen molar-refractivity contribution in [3.8, 4) is 5.75 Å². The quantitative estimate of drug-likeness (QED) is 0.826. The van der Waals surface area contributed by atoms with Crippen molar-refractivity contribution in [2.45, 2.75) is 0 Å². The van der Waals surface area contributed by atoms with Crippen LogP contribution in [-0.4, -0.2) is 21.2 Å². The molecule has 0 heterocycles. The first kappa shape index (κ1) is 13.1. The molecule has 4 heteroatoms. The predicted molar refractivity (Wildman–Crippen MR) is 81.5 cm³/mol. The molecule has 4 nitrogen and oxygen atoms in total. The molecular weight excluding hydrogens is 238 g/mol. The SMILES string of the molecule is COc1cccc(Nc2cccc(N(C)C)c2)c1N. The van der Waals surface area contributed by atoms with Gasteiger partial charge in [-0.15, -0.1) is 0 Å². The molecule has 0 atom stereocenters. The summed E-state index contributed by atoms with van der Waals surface area (Å²) in [6, 6.07) is 13.8. The first-order valence-corrected chi connectivity index (χ1v) is 6.08. The topological polar surface area (TPSA) is 50.5 Å². The molecule has 0 amide bonds. The van der Waals surface area contributed by atoms with Gasteiger partial charge in [0.15, 0.2) is 0 Å². The van der Waals surface area contributed by atoms with Gasteiger partial charge in [-0.3, -0.25) is 0 Å². The molecule has 0 aromatic heterocycles. The van der Waals surface area contributed by atoms with Crippen LogP contribution in [0, 0.1) is 0 Å². The number of nitrogens with two attached hydrogens (primary N) is 1. The van der Waals surface area contributed by atoms with E-state index >= 15 is 0 Å². The van der Waals surface area contributed by atoms with Gasteiger partial charge in [-0.25, -0.2) is 0 Å². The van der Waals surface area contributed by atoms with Gasteiger partial charge >= 0.3 is 0 Å². The summed E-state index contributed by atoms with van der Waals surface area (Å²) in [5.74, 6) is 0.675. The number of nitrogen functional groups attached to an aromatic ring is 1. The van der Waals surface area contributed by atoms with E-state index in [0.29, 0.717) is 11.4 Å². The molecule has 0 radical (unpaired) electrons. The zero-order valence-electron chi connectivity index (χ0n) is 11.5. The van der Waals surface area contributed by atoms with Crippen LogP contribution in [0.4, 0.5) is 22.7 Å². The number of ether oxygens (including phenoxy) is 1. The molecule has 0 fully saturated rings. The van der Waals surface area contributed by atoms with Crippen LogP contribution in [0.1, 0.15) is 0 Å². The smallest absolute Gasteiger partial charge is 0.143 e. The maximum absolute atomic E-state index is 6.04. The molecule has 100 valence electrons. The standard InChI is InChI=1S/C15H19N3O/c1-18(2)12-7-4-6-11(10-12)17-13-8-5-9-14(19-3)15(13)16/h4-10,17H,16H2,1-3H3. The molecule has 0 spiro atoms. The number of nitrogens with zero attached hydrogens (tertiary/aromatic N) is 1. The second-order valence-electron chi connectivity index (χ2n) is 4.49. The highest BCUT2D eigenvalue weighted by molar-refractivity contribution is 5.78. The predicted octanol–water partition coefficient (Wildman–Crippen LogP) is 3.09. The fourth-order valence-electron chi connectivity index (χ4n) is 1.85. The van der Waals surface area contributed by atoms with Crippen LogP contribution in [0.3, 0.4) is 0 Å². The molecule has 2 aromatic rings. The van der Waals surface area contributed by atoms with Gasteiger partial charge in [0, 0.05) is 25.5 Å². The fourth-order valence-corrected chi connectivity index (χ4v) is 1.85. The minimum Gasteiger partial charge on any atom is -0.495 e. The Morgan fingerprint density at radius 1 is 1.11 bits per heavy atom. The third-order valence-corrected chi connectivity index (χ3v) is 2.93. The Labute approximate surface area is 113 Å². The van der Waals surface area contributed by atoms with Crippen LogP contribution in [0.2, 0.25) is 0 Å². The highest BCUT2D eigenvalue weighted by atomic mass is 16.5. The van der Waals surface area contributed by atoms with Crippen LogP contribution in [0.5, 0.6) is 5.75 Å². The van der Waals surface area contributed by atoms with Gasteiger partial charge in [-0.05, 0) is 30.3 Å². The Bertz CT molecular complexity index is 567. The van der Waals surface area contributed by atoms with Gasteiger partial charge in [-0.2, -0.15) is 0 Å². The maximum atomic E-state index is 6.04. The van der Waals surface area contributed by atoms with Crippen molar-refractivity contribution in [1.82, 2.24) is 0 Å². The molecule has 19 heavy (non-hydrogen) atoms. The van der Waals surface area contributed by atoms with E-state index in [1.165, 1.54) is 0 Å². The largest absolute Gasteiger partial charge is 0.495 e. The molecule has 3 N–H and O–H groups in total. The molecule has 0 aliphatic rings. The van der Waals surface area contributed by atoms with E-state index < -0.39 is 0 Å². The summed E-state index contributed by atoms with van der Waals surface area (Å²) in [7, 11) is 5.64. The summed E-state index contributed by atoms with van der Waals surface area (Å²) >= 11 is 0. The van der Waals surface area contributed by atoms with E-state index in [9.17, 15) is 0 Å². The average molecular weight is 257 g/mol. The second kappa shape index (κ2) is 5.52. The van der Waals surface area contributed by atoms with Crippen LogP contribution in [-0.2, 0) is 0 Å². The molecule has 0 unspecified atom stereocenters. The molecule has 2 aromatic carbocycles. The third kappa shape index (κ3) is 2.91. The Morgan fingerprint density at radius 3 is 2.53 bits per heavy atom. The zero-order valence-corrected chi connectivity index (χ0v) is 11.5. The lowest BCUT2D eigenvalue weighted by molar-refractivity contribution is 0.417. The van der Waals surface area contributed by atoms with Gasteiger partial charge in [0.1, 0.15) is 5.75 Å². The van der Waals surface area contributed by atoms with Crippen molar-refractivity contribution in [3.05, 3.63) is 42.5 Å². The lowest BCUT2D eigenvalue weighted by Gasteiger charge is -2.16. The van der Waals surface area contributed by atoms with Crippen molar-refractivity contribution in [2.75, 3.05) is 37.2 Å². The van der Waals surface area contributed by atoms with Crippen LogP contribution < -0.4 is 20.7 Å². The highest BCUT2D eigenvalue weighted by Gasteiger charge is 2.05. The molecule has 0 saturated heterocycles. The van der Waals surface area contributed by atoms with E-state index in [1.54, 1.807) is 7.11 Å². The number of rotatable bonds is 4. The van der Waals surface area contributed by atoms with Crippen molar-refractivity contribution in [2.24, 2.45) is 0 Å². The lowest BCUT2D eigenvalue weighted by atomic mass is 10.2. The van der Waals surface area contributed by atoms with Crippen molar-refractivity contribution >= 4 is 22.7 Å². The zero-order chi connectivity index (χ0) is 13.8. The van der Waals surface area contributed by atoms with Gasteiger partial charge in [0.2, 0.25) is 0 Å². The van der Waals surface area contributed by atoms with Crippen LogP contribution in [0.15, 0.2) is 42.5 Å². The normalized spacial score (nSPS) is 10.1. The van der Waals surface area contributed by atoms with E-state index in [0.717, 1.165) is 17.1 Å². The Hall–Kier alpha value is -2.36. The third-order valence-electron chi connectivity index (χ3n) is 2.93. The summed E-state index contributed by atoms with van der Waals surface area (Å²) in [6.07, 6.45) is 0. The number of nitrogens with one attached hydrogen (secondary N) is 1. The van der Waals surface area contributed by atoms with Crippen molar-refractivity contribution in [3.63, 3.8) is 0 Å². The minimum absolute atomic E-state index is 0.611. The Kier molecular flexibility index (Phi) is 3.80. The van der Waals surface area contributed by atoms with E-state index in [4.69, 9.17) is 10.5 Å². The lowest BCUT2D eigenvalue weighted by Crippen LogP contribution is -2.08. The summed E-state index contributed by atoms with van der Waals surface area (Å²) in [4.78, 5) is 2.06.